The summed E-state index contributed by atoms with van der Waals surface area (Å²) in [5.41, 5.74) is -0.407. The average Bonchev–Trinajstić information content (AvgIpc) is 2.26. The van der Waals surface area contributed by atoms with Crippen LogP contribution in [0.25, 0.3) is 10.8 Å². The Morgan fingerprint density at radius 3 is 2.24 bits per heavy atom. The number of ketones is 1. The van der Waals surface area contributed by atoms with Gasteiger partial charge in [0.15, 0.2) is 0 Å². The monoisotopic (exact) mass is 240 g/mol. The fourth-order valence-electron chi connectivity index (χ4n) is 1.54. The first kappa shape index (κ1) is 11.4. The molecule has 0 aliphatic rings. The normalized spacial score (nSPS) is 11.7. The number of carbonyl (C=O) groups is 1. The molecule has 88 valence electrons. The second kappa shape index (κ2) is 3.76. The van der Waals surface area contributed by atoms with Crippen molar-refractivity contribution in [1.29, 1.82) is 0 Å². The molecule has 1 N–H and O–H groups in total. The van der Waals surface area contributed by atoms with E-state index >= 15 is 0 Å². The Morgan fingerprint density at radius 1 is 1.00 bits per heavy atom. The number of phenolic OH excluding ortho intramolecular Hbond substituents is 1. The van der Waals surface area contributed by atoms with Crippen molar-refractivity contribution in [3.63, 3.8) is 0 Å². The Bertz CT molecular complexity index is 588. The maximum absolute atomic E-state index is 12.2. The second-order valence-corrected chi connectivity index (χ2v) is 3.57. The van der Waals surface area contributed by atoms with Crippen molar-refractivity contribution in [2.75, 3.05) is 0 Å². The van der Waals surface area contributed by atoms with Crippen LogP contribution < -0.4 is 0 Å². The van der Waals surface area contributed by atoms with E-state index < -0.39 is 17.5 Å². The predicted molar refractivity (Wildman–Crippen MR) is 56.0 cm³/mol. The molecule has 2 nitrogen and oxygen atoms in total. The number of Topliss-reactive ketones (excluding diaryl/α,β-unsaturated/α-hetero) is 1. The van der Waals surface area contributed by atoms with Crippen LogP contribution in [0.3, 0.4) is 0 Å². The van der Waals surface area contributed by atoms with Gasteiger partial charge in [0.05, 0.1) is 0 Å². The lowest BCUT2D eigenvalue weighted by Crippen LogP contribution is -2.22. The molecule has 0 bridgehead atoms. The van der Waals surface area contributed by atoms with Crippen molar-refractivity contribution in [2.45, 2.75) is 6.18 Å². The Kier molecular flexibility index (Phi) is 2.53. The largest absolute Gasteiger partial charge is 0.508 e. The van der Waals surface area contributed by atoms with Crippen molar-refractivity contribution in [2.24, 2.45) is 0 Å². The number of fused-ring (bicyclic) bond motifs is 1. The first-order valence-electron chi connectivity index (χ1n) is 4.72. The summed E-state index contributed by atoms with van der Waals surface area (Å²) in [6.07, 6.45) is -4.87. The highest BCUT2D eigenvalue weighted by Gasteiger charge is 2.39. The summed E-state index contributed by atoms with van der Waals surface area (Å²) >= 11 is 0. The first-order valence-corrected chi connectivity index (χ1v) is 4.72. The molecule has 0 aliphatic heterocycles. The lowest BCUT2D eigenvalue weighted by Gasteiger charge is -2.06. The maximum atomic E-state index is 12.2. The second-order valence-electron chi connectivity index (χ2n) is 3.57. The van der Waals surface area contributed by atoms with Gasteiger partial charge in [-0.15, -0.1) is 0 Å². The Hall–Kier alpha value is -2.04. The molecule has 0 fully saturated rings. The molecule has 2 aromatic carbocycles. The summed E-state index contributed by atoms with van der Waals surface area (Å²) in [5, 5.41) is 10.2. The van der Waals surface area contributed by atoms with Gasteiger partial charge in [-0.05, 0) is 29.0 Å². The van der Waals surface area contributed by atoms with E-state index in [2.05, 4.69) is 0 Å². The van der Waals surface area contributed by atoms with Crippen LogP contribution in [0, 0.1) is 0 Å². The van der Waals surface area contributed by atoms with E-state index in [-0.39, 0.29) is 5.75 Å². The molecule has 0 saturated heterocycles. The fourth-order valence-corrected chi connectivity index (χ4v) is 1.54. The highest BCUT2D eigenvalue weighted by molar-refractivity contribution is 6.03. The lowest BCUT2D eigenvalue weighted by atomic mass is 10.0. The smallest absolute Gasteiger partial charge is 0.454 e. The van der Waals surface area contributed by atoms with Crippen LogP contribution in [-0.2, 0) is 0 Å². The number of carbonyl (C=O) groups excluding carboxylic acids is 1. The molecule has 0 unspecified atom stereocenters. The molecule has 0 aromatic heterocycles. The van der Waals surface area contributed by atoms with E-state index in [0.717, 1.165) is 12.1 Å². The van der Waals surface area contributed by atoms with Crippen LogP contribution in [0.5, 0.6) is 5.75 Å². The number of aromatic hydroxyl groups is 1. The van der Waals surface area contributed by atoms with Gasteiger partial charge in [0.25, 0.3) is 5.78 Å². The topological polar surface area (TPSA) is 37.3 Å². The molecule has 0 atom stereocenters. The van der Waals surface area contributed by atoms with Crippen molar-refractivity contribution in [1.82, 2.24) is 0 Å². The van der Waals surface area contributed by atoms with Crippen molar-refractivity contribution in [3.8, 4) is 5.75 Å². The van der Waals surface area contributed by atoms with Crippen molar-refractivity contribution >= 4 is 16.6 Å². The molecule has 0 saturated carbocycles. The van der Waals surface area contributed by atoms with Crippen molar-refractivity contribution < 1.29 is 23.1 Å². The SMILES string of the molecule is O=C(c1ccc2cc(O)ccc2c1)C(F)(F)F. The predicted octanol–water partition coefficient (Wildman–Crippen LogP) is 3.29. The van der Waals surface area contributed by atoms with E-state index in [1.807, 2.05) is 0 Å². The molecular formula is C12H7F3O2. The zero-order valence-electron chi connectivity index (χ0n) is 8.45. The average molecular weight is 240 g/mol. The van der Waals surface area contributed by atoms with E-state index in [1.165, 1.54) is 24.3 Å². The Morgan fingerprint density at radius 2 is 1.59 bits per heavy atom. The van der Waals surface area contributed by atoms with Crippen LogP contribution in [-0.4, -0.2) is 17.1 Å². The molecule has 2 aromatic rings. The number of benzene rings is 2. The van der Waals surface area contributed by atoms with Gasteiger partial charge in [0.2, 0.25) is 0 Å². The van der Waals surface area contributed by atoms with Gasteiger partial charge >= 0.3 is 6.18 Å². The summed E-state index contributed by atoms with van der Waals surface area (Å²) in [6.45, 7) is 0. The minimum Gasteiger partial charge on any atom is -0.508 e. The molecule has 0 aliphatic carbocycles. The van der Waals surface area contributed by atoms with Gasteiger partial charge in [0, 0.05) is 5.56 Å². The number of halogens is 3. The summed E-state index contributed by atoms with van der Waals surface area (Å²) in [7, 11) is 0. The number of rotatable bonds is 1. The molecule has 0 amide bonds. The van der Waals surface area contributed by atoms with E-state index in [1.54, 1.807) is 0 Å². The van der Waals surface area contributed by atoms with Gasteiger partial charge in [-0.2, -0.15) is 13.2 Å². The van der Waals surface area contributed by atoms with E-state index in [9.17, 15) is 23.1 Å². The lowest BCUT2D eigenvalue weighted by molar-refractivity contribution is -0.0885. The summed E-state index contributed by atoms with van der Waals surface area (Å²) in [4.78, 5) is 11.0. The third-order valence-corrected chi connectivity index (χ3v) is 2.34. The van der Waals surface area contributed by atoms with Gasteiger partial charge in [0.1, 0.15) is 5.75 Å². The van der Waals surface area contributed by atoms with Crippen molar-refractivity contribution in [3.05, 3.63) is 42.0 Å². The minimum absolute atomic E-state index is 0.0207. The van der Waals surface area contributed by atoms with Gasteiger partial charge < -0.3 is 5.11 Å². The van der Waals surface area contributed by atoms with E-state index in [0.29, 0.717) is 10.8 Å². The van der Waals surface area contributed by atoms with Crippen LogP contribution in [0.15, 0.2) is 36.4 Å². The number of alkyl halides is 3. The highest BCUT2D eigenvalue weighted by Crippen LogP contribution is 2.25. The minimum atomic E-state index is -4.87. The zero-order chi connectivity index (χ0) is 12.6. The highest BCUT2D eigenvalue weighted by atomic mass is 19.4. The third-order valence-electron chi connectivity index (χ3n) is 2.34. The fraction of sp³-hybridized carbons (Fsp3) is 0.0833. The third kappa shape index (κ3) is 2.22. The van der Waals surface area contributed by atoms with E-state index in [4.69, 9.17) is 0 Å². The standard InChI is InChI=1S/C12H7F3O2/c13-12(14,15)11(17)9-2-1-8-6-10(16)4-3-7(8)5-9/h1-6,16H. The summed E-state index contributed by atoms with van der Waals surface area (Å²) < 4.78 is 36.6. The summed E-state index contributed by atoms with van der Waals surface area (Å²) in [6, 6.07) is 7.84. The van der Waals surface area contributed by atoms with Gasteiger partial charge in [-0.3, -0.25) is 4.79 Å². The number of phenols is 1. The van der Waals surface area contributed by atoms with Crippen LogP contribution in [0.4, 0.5) is 13.2 Å². The van der Waals surface area contributed by atoms with Gasteiger partial charge in [-0.1, -0.05) is 18.2 Å². The Balaban J connectivity index is 2.52. The van der Waals surface area contributed by atoms with Crippen LogP contribution in [0.1, 0.15) is 10.4 Å². The number of hydrogen-bond acceptors (Lipinski definition) is 2. The number of hydrogen-bond donors (Lipinski definition) is 1. The molecular weight excluding hydrogens is 233 g/mol. The molecule has 5 heteroatoms. The zero-order valence-corrected chi connectivity index (χ0v) is 8.45. The van der Waals surface area contributed by atoms with Crippen LogP contribution >= 0.6 is 0 Å². The first-order chi connectivity index (χ1) is 7.88. The molecule has 0 radical (unpaired) electrons. The molecule has 0 heterocycles. The van der Waals surface area contributed by atoms with Gasteiger partial charge in [-0.25, -0.2) is 0 Å². The molecule has 0 spiro atoms. The Labute approximate surface area is 94.3 Å². The van der Waals surface area contributed by atoms with Crippen LogP contribution in [0.2, 0.25) is 0 Å². The molecule has 2 rings (SSSR count). The quantitative estimate of drug-likeness (QED) is 0.776. The maximum Gasteiger partial charge on any atom is 0.454 e. The summed E-state index contributed by atoms with van der Waals surface area (Å²) in [5.74, 6) is -1.85. The molecule has 17 heavy (non-hydrogen) atoms.